The maximum Gasteiger partial charge on any atom is 0.0841 e. The third-order valence-electron chi connectivity index (χ3n) is 3.83. The van der Waals surface area contributed by atoms with Gasteiger partial charge in [0.2, 0.25) is 0 Å². The Bertz CT molecular complexity index is 168. The molecule has 4 rings (SSSR count). The molecule has 0 aromatic heterocycles. The maximum atomic E-state index is 5.28. The molecule has 17 heavy (non-hydrogen) atoms. The molecule has 2 heterocycles. The van der Waals surface area contributed by atoms with Crippen molar-refractivity contribution >= 4 is 0 Å². The van der Waals surface area contributed by atoms with E-state index < -0.39 is 0 Å². The summed E-state index contributed by atoms with van der Waals surface area (Å²) >= 11 is 0. The molecule has 4 aliphatic rings. The molecule has 0 bridgehead atoms. The van der Waals surface area contributed by atoms with Gasteiger partial charge in [-0.25, -0.2) is 0 Å². The average Bonchev–Trinajstić information content (AvgIpc) is 3.13. The van der Waals surface area contributed by atoms with Crippen LogP contribution in [0.5, 0.6) is 0 Å². The van der Waals surface area contributed by atoms with Crippen LogP contribution in [0.1, 0.15) is 51.4 Å². The first kappa shape index (κ1) is 18.0. The first-order valence-electron chi connectivity index (χ1n) is 6.24. The van der Waals surface area contributed by atoms with E-state index in [0.29, 0.717) is 24.4 Å². The Balaban J connectivity index is 0.000000256. The van der Waals surface area contributed by atoms with Crippen LogP contribution in [0.2, 0.25) is 0 Å². The van der Waals surface area contributed by atoms with Crippen molar-refractivity contribution in [3.05, 3.63) is 14.9 Å². The standard InChI is InChI=1S/2C6H10O.2CH3.Y/c2*1-2-4-6-5(3-1)7-6;;;/h2*5-6H,1-4H2;2*1H3;/q;;2*-1;. The number of hydrogen-bond acceptors (Lipinski definition) is 2. The average molecular weight is 315 g/mol. The third-order valence-corrected chi connectivity index (χ3v) is 3.83. The minimum atomic E-state index is 0. The van der Waals surface area contributed by atoms with E-state index in [1.165, 1.54) is 51.4 Å². The Hall–Kier alpha value is 1.02. The molecule has 2 saturated heterocycles. The largest absolute Gasteiger partial charge is 0.370 e. The third kappa shape index (κ3) is 5.26. The van der Waals surface area contributed by atoms with Gasteiger partial charge in [-0.1, -0.05) is 25.7 Å². The summed E-state index contributed by atoms with van der Waals surface area (Å²) in [4.78, 5) is 0. The van der Waals surface area contributed by atoms with Crippen LogP contribution in [-0.4, -0.2) is 24.4 Å². The Morgan fingerprint density at radius 3 is 0.941 bits per heavy atom. The predicted molar refractivity (Wildman–Crippen MR) is 67.1 cm³/mol. The van der Waals surface area contributed by atoms with Crippen molar-refractivity contribution in [1.29, 1.82) is 0 Å². The van der Waals surface area contributed by atoms with Crippen molar-refractivity contribution in [3.63, 3.8) is 0 Å². The molecule has 0 aromatic rings. The molecule has 2 aliphatic carbocycles. The van der Waals surface area contributed by atoms with Crippen LogP contribution in [0.4, 0.5) is 0 Å². The summed E-state index contributed by atoms with van der Waals surface area (Å²) in [6, 6.07) is 0. The van der Waals surface area contributed by atoms with Crippen LogP contribution in [0, 0.1) is 14.9 Å². The molecule has 99 valence electrons. The fraction of sp³-hybridized carbons (Fsp3) is 0.857. The first-order chi connectivity index (χ1) is 6.93. The van der Waals surface area contributed by atoms with E-state index >= 15 is 0 Å². The second-order valence-corrected chi connectivity index (χ2v) is 4.99. The summed E-state index contributed by atoms with van der Waals surface area (Å²) in [5.74, 6) is 0. The quantitative estimate of drug-likeness (QED) is 0.504. The minimum Gasteiger partial charge on any atom is -0.370 e. The zero-order valence-corrected chi connectivity index (χ0v) is 14.2. The summed E-state index contributed by atoms with van der Waals surface area (Å²) in [6.45, 7) is 0. The molecular weight excluding hydrogens is 289 g/mol. The summed E-state index contributed by atoms with van der Waals surface area (Å²) < 4.78 is 10.6. The number of rotatable bonds is 0. The second kappa shape index (κ2) is 8.25. The van der Waals surface area contributed by atoms with Crippen LogP contribution in [0.15, 0.2) is 0 Å². The Morgan fingerprint density at radius 1 is 0.529 bits per heavy atom. The van der Waals surface area contributed by atoms with Gasteiger partial charge in [0.25, 0.3) is 0 Å². The van der Waals surface area contributed by atoms with Crippen LogP contribution >= 0.6 is 0 Å². The predicted octanol–water partition coefficient (Wildman–Crippen LogP) is 3.55. The van der Waals surface area contributed by atoms with Crippen molar-refractivity contribution in [2.75, 3.05) is 0 Å². The molecular formula is C14H26O2Y-2. The van der Waals surface area contributed by atoms with E-state index in [1.54, 1.807) is 0 Å². The molecule has 0 aromatic carbocycles. The molecule has 2 aliphatic heterocycles. The molecule has 0 N–H and O–H groups in total. The molecule has 0 amide bonds. The Morgan fingerprint density at radius 2 is 0.765 bits per heavy atom. The molecule has 1 radical (unpaired) electrons. The van der Waals surface area contributed by atoms with Crippen LogP contribution in [-0.2, 0) is 42.2 Å². The van der Waals surface area contributed by atoms with Crippen molar-refractivity contribution in [2.45, 2.75) is 75.8 Å². The second-order valence-electron chi connectivity index (χ2n) is 4.99. The molecule has 2 nitrogen and oxygen atoms in total. The molecule has 2 saturated carbocycles. The van der Waals surface area contributed by atoms with E-state index in [0.717, 1.165) is 0 Å². The van der Waals surface area contributed by atoms with Crippen molar-refractivity contribution in [3.8, 4) is 0 Å². The molecule has 4 fully saturated rings. The van der Waals surface area contributed by atoms with Gasteiger partial charge in [0.15, 0.2) is 0 Å². The van der Waals surface area contributed by atoms with Gasteiger partial charge in [-0.3, -0.25) is 0 Å². The Kier molecular flexibility index (Phi) is 8.74. The fourth-order valence-electron chi connectivity index (χ4n) is 2.76. The molecule has 4 unspecified atom stereocenters. The van der Waals surface area contributed by atoms with Gasteiger partial charge in [0, 0.05) is 32.7 Å². The van der Waals surface area contributed by atoms with E-state index in [9.17, 15) is 0 Å². The van der Waals surface area contributed by atoms with E-state index in [4.69, 9.17) is 9.47 Å². The van der Waals surface area contributed by atoms with Gasteiger partial charge in [0.1, 0.15) is 0 Å². The summed E-state index contributed by atoms with van der Waals surface area (Å²) in [7, 11) is 0. The summed E-state index contributed by atoms with van der Waals surface area (Å²) in [5, 5.41) is 0. The van der Waals surface area contributed by atoms with Crippen molar-refractivity contribution in [2.24, 2.45) is 0 Å². The normalized spacial score (nSPS) is 39.5. The van der Waals surface area contributed by atoms with E-state index in [-0.39, 0.29) is 47.6 Å². The molecule has 4 atom stereocenters. The fourth-order valence-corrected chi connectivity index (χ4v) is 2.76. The number of fused-ring (bicyclic) bond motifs is 2. The maximum absolute atomic E-state index is 5.28. The topological polar surface area (TPSA) is 25.1 Å². The van der Waals surface area contributed by atoms with Gasteiger partial charge < -0.3 is 24.3 Å². The van der Waals surface area contributed by atoms with Crippen molar-refractivity contribution in [1.82, 2.24) is 0 Å². The number of epoxide rings is 2. The molecule has 3 heteroatoms. The first-order valence-corrected chi connectivity index (χ1v) is 6.24. The zero-order valence-electron chi connectivity index (χ0n) is 11.4. The zero-order chi connectivity index (χ0) is 9.38. The van der Waals surface area contributed by atoms with Gasteiger partial charge in [-0.2, -0.15) is 0 Å². The SMILES string of the molecule is C1CCC2OC2C1.C1CCC2OC2C1.[CH3-].[CH3-].[Y]. The Labute approximate surface area is 132 Å². The van der Waals surface area contributed by atoms with E-state index in [2.05, 4.69) is 0 Å². The van der Waals surface area contributed by atoms with Crippen LogP contribution in [0.25, 0.3) is 0 Å². The smallest absolute Gasteiger partial charge is 0.0841 e. The van der Waals surface area contributed by atoms with Crippen molar-refractivity contribution < 1.29 is 42.2 Å². The van der Waals surface area contributed by atoms with Crippen LogP contribution < -0.4 is 0 Å². The molecule has 0 spiro atoms. The summed E-state index contributed by atoms with van der Waals surface area (Å²) in [6.07, 6.45) is 13.8. The van der Waals surface area contributed by atoms with Crippen LogP contribution in [0.3, 0.4) is 0 Å². The summed E-state index contributed by atoms with van der Waals surface area (Å²) in [5.41, 5.74) is 0. The van der Waals surface area contributed by atoms with Gasteiger partial charge in [-0.15, -0.1) is 0 Å². The van der Waals surface area contributed by atoms with E-state index in [1.807, 2.05) is 0 Å². The van der Waals surface area contributed by atoms with Gasteiger partial charge in [-0.05, 0) is 25.7 Å². The van der Waals surface area contributed by atoms with Gasteiger partial charge >= 0.3 is 0 Å². The number of hydrogen-bond donors (Lipinski definition) is 0. The van der Waals surface area contributed by atoms with Gasteiger partial charge in [0.05, 0.1) is 24.4 Å². The monoisotopic (exact) mass is 315 g/mol. The minimum absolute atomic E-state index is 0. The number of ether oxygens (including phenoxy) is 2.